The van der Waals surface area contributed by atoms with Crippen LogP contribution in [0.1, 0.15) is 37.7 Å². The molecule has 4 atom stereocenters. The Morgan fingerprint density at radius 1 is 1.44 bits per heavy atom. The molecule has 0 saturated carbocycles. The lowest BCUT2D eigenvalue weighted by Gasteiger charge is -2.27. The van der Waals surface area contributed by atoms with Crippen molar-refractivity contribution in [3.8, 4) is 0 Å². The second kappa shape index (κ2) is 3.38. The average Bonchev–Trinajstić information content (AvgIpc) is 3.07. The molecule has 4 heteroatoms. The first-order valence-electron chi connectivity index (χ1n) is 6.61. The van der Waals surface area contributed by atoms with Gasteiger partial charge in [0.25, 0.3) is 0 Å². The zero-order chi connectivity index (χ0) is 12.3. The molecule has 0 N–H and O–H groups in total. The summed E-state index contributed by atoms with van der Waals surface area (Å²) in [6.45, 7) is 1.92. The zero-order valence-corrected chi connectivity index (χ0v) is 10.3. The second-order valence-electron chi connectivity index (χ2n) is 5.81. The molecule has 4 unspecified atom stereocenters. The van der Waals surface area contributed by atoms with Gasteiger partial charge in [-0.25, -0.2) is 0 Å². The fourth-order valence-electron chi connectivity index (χ4n) is 3.45. The zero-order valence-electron chi connectivity index (χ0n) is 10.3. The maximum Gasteiger partial charge on any atom is 0.312 e. The monoisotopic (exact) mass is 248 g/mol. The average molecular weight is 248 g/mol. The number of carbonyl (C=O) groups excluding carboxylic acids is 1. The van der Waals surface area contributed by atoms with Crippen molar-refractivity contribution in [2.24, 2.45) is 5.92 Å². The van der Waals surface area contributed by atoms with E-state index in [2.05, 4.69) is 0 Å². The molecule has 0 spiro atoms. The minimum absolute atomic E-state index is 0.0747. The van der Waals surface area contributed by atoms with Crippen molar-refractivity contribution in [2.75, 3.05) is 0 Å². The van der Waals surface area contributed by atoms with Gasteiger partial charge in [0.2, 0.25) is 0 Å². The number of rotatable bonds is 2. The molecule has 18 heavy (non-hydrogen) atoms. The van der Waals surface area contributed by atoms with Crippen LogP contribution in [0.15, 0.2) is 16.5 Å². The standard InChI is InChI=1S/C14H16O4/c1-14(7-9-3-5-12(14)17-9)18-13(15)10-6-8-2-4-11(10)16-8/h3,5,8,10-11H,2,4,6-7H2,1H3. The molecule has 4 nitrogen and oxygen atoms in total. The molecule has 2 fully saturated rings. The Hall–Kier alpha value is -1.29. The summed E-state index contributed by atoms with van der Waals surface area (Å²) in [5.41, 5.74) is -0.594. The third-order valence-corrected chi connectivity index (χ3v) is 4.43. The second-order valence-corrected chi connectivity index (χ2v) is 5.81. The fraction of sp³-hybridized carbons (Fsp3) is 0.643. The van der Waals surface area contributed by atoms with Crippen LogP contribution in [-0.2, 0) is 26.3 Å². The highest BCUT2D eigenvalue weighted by Crippen LogP contribution is 2.43. The fourth-order valence-corrected chi connectivity index (χ4v) is 3.45. The SMILES string of the molecule is CC1(OC(=O)C2CC3CCC2O3)Cc2ccc1o2. The molecule has 1 aromatic rings. The Balaban J connectivity index is 1.49. The maximum atomic E-state index is 12.3. The van der Waals surface area contributed by atoms with E-state index < -0.39 is 5.60 Å². The summed E-state index contributed by atoms with van der Waals surface area (Å²) in [5, 5.41) is 0. The van der Waals surface area contributed by atoms with Crippen molar-refractivity contribution in [1.29, 1.82) is 0 Å². The Morgan fingerprint density at radius 3 is 2.89 bits per heavy atom. The molecule has 0 radical (unpaired) electrons. The summed E-state index contributed by atoms with van der Waals surface area (Å²) >= 11 is 0. The quantitative estimate of drug-likeness (QED) is 0.752. The molecule has 0 amide bonds. The van der Waals surface area contributed by atoms with Gasteiger partial charge in [-0.15, -0.1) is 0 Å². The van der Waals surface area contributed by atoms with Crippen LogP contribution in [0.25, 0.3) is 0 Å². The minimum atomic E-state index is -0.594. The minimum Gasteiger partial charge on any atom is -0.462 e. The highest BCUT2D eigenvalue weighted by molar-refractivity contribution is 5.74. The van der Waals surface area contributed by atoms with Gasteiger partial charge >= 0.3 is 5.97 Å². The molecule has 4 heterocycles. The highest BCUT2D eigenvalue weighted by atomic mass is 16.6. The van der Waals surface area contributed by atoms with Crippen molar-refractivity contribution in [1.82, 2.24) is 0 Å². The summed E-state index contributed by atoms with van der Waals surface area (Å²) in [6, 6.07) is 3.83. The summed E-state index contributed by atoms with van der Waals surface area (Å²) in [4.78, 5) is 12.3. The first kappa shape index (κ1) is 10.6. The van der Waals surface area contributed by atoms with Crippen molar-refractivity contribution in [2.45, 2.75) is 50.4 Å². The third kappa shape index (κ3) is 1.38. The largest absolute Gasteiger partial charge is 0.462 e. The van der Waals surface area contributed by atoms with Crippen LogP contribution in [0.2, 0.25) is 0 Å². The molecule has 1 aromatic heterocycles. The van der Waals surface area contributed by atoms with E-state index in [0.29, 0.717) is 6.42 Å². The van der Waals surface area contributed by atoms with Gasteiger partial charge in [0.1, 0.15) is 11.5 Å². The molecule has 0 aliphatic carbocycles. The van der Waals surface area contributed by atoms with Gasteiger partial charge in [0, 0.05) is 0 Å². The van der Waals surface area contributed by atoms with Gasteiger partial charge in [-0.05, 0) is 38.3 Å². The number of fused-ring (bicyclic) bond motifs is 4. The van der Waals surface area contributed by atoms with Gasteiger partial charge in [-0.3, -0.25) is 4.79 Å². The Morgan fingerprint density at radius 2 is 2.33 bits per heavy atom. The molecule has 4 rings (SSSR count). The Bertz CT molecular complexity index is 506. The number of furan rings is 1. The number of hydrogen-bond acceptors (Lipinski definition) is 4. The summed E-state index contributed by atoms with van der Waals surface area (Å²) in [7, 11) is 0. The van der Waals surface area contributed by atoms with E-state index in [4.69, 9.17) is 13.9 Å². The Labute approximate surface area is 105 Å². The summed E-state index contributed by atoms with van der Waals surface area (Å²) in [6.07, 6.45) is 3.92. The highest BCUT2D eigenvalue weighted by Gasteiger charge is 2.48. The molecule has 3 aliphatic heterocycles. The molecule has 3 aliphatic rings. The van der Waals surface area contributed by atoms with Gasteiger partial charge < -0.3 is 13.9 Å². The van der Waals surface area contributed by atoms with Gasteiger partial charge in [-0.2, -0.15) is 0 Å². The van der Waals surface area contributed by atoms with E-state index in [1.807, 2.05) is 19.1 Å². The molecule has 0 aromatic carbocycles. The number of hydrogen-bond donors (Lipinski definition) is 0. The van der Waals surface area contributed by atoms with Crippen LogP contribution >= 0.6 is 0 Å². The van der Waals surface area contributed by atoms with Gasteiger partial charge in [0.05, 0.1) is 24.5 Å². The lowest BCUT2D eigenvalue weighted by atomic mass is 9.88. The summed E-state index contributed by atoms with van der Waals surface area (Å²) < 4.78 is 17.0. The lowest BCUT2D eigenvalue weighted by Crippen LogP contribution is -2.35. The van der Waals surface area contributed by atoms with E-state index in [-0.39, 0.29) is 24.1 Å². The number of esters is 1. The van der Waals surface area contributed by atoms with E-state index in [9.17, 15) is 4.79 Å². The lowest BCUT2D eigenvalue weighted by molar-refractivity contribution is -0.166. The van der Waals surface area contributed by atoms with E-state index in [1.54, 1.807) is 0 Å². The van der Waals surface area contributed by atoms with Crippen molar-refractivity contribution in [3.63, 3.8) is 0 Å². The summed E-state index contributed by atoms with van der Waals surface area (Å²) in [5.74, 6) is 1.45. The molecular formula is C14H16O4. The third-order valence-electron chi connectivity index (χ3n) is 4.43. The van der Waals surface area contributed by atoms with E-state index in [0.717, 1.165) is 30.8 Å². The number of carbonyl (C=O) groups is 1. The van der Waals surface area contributed by atoms with Gasteiger partial charge in [0.15, 0.2) is 5.60 Å². The van der Waals surface area contributed by atoms with Crippen LogP contribution < -0.4 is 0 Å². The maximum absolute atomic E-state index is 12.3. The van der Waals surface area contributed by atoms with Crippen LogP contribution in [0.3, 0.4) is 0 Å². The van der Waals surface area contributed by atoms with Crippen molar-refractivity contribution in [3.05, 3.63) is 23.7 Å². The molecular weight excluding hydrogens is 232 g/mol. The van der Waals surface area contributed by atoms with Gasteiger partial charge in [-0.1, -0.05) is 0 Å². The smallest absolute Gasteiger partial charge is 0.312 e. The van der Waals surface area contributed by atoms with Crippen molar-refractivity contribution >= 4 is 5.97 Å². The van der Waals surface area contributed by atoms with Crippen LogP contribution in [-0.4, -0.2) is 18.2 Å². The van der Waals surface area contributed by atoms with E-state index in [1.165, 1.54) is 0 Å². The Kier molecular flexibility index (Phi) is 1.99. The van der Waals surface area contributed by atoms with Crippen LogP contribution in [0.5, 0.6) is 0 Å². The number of ether oxygens (including phenoxy) is 2. The molecule has 4 bridgehead atoms. The first-order chi connectivity index (χ1) is 8.64. The molecule has 96 valence electrons. The normalized spacial score (nSPS) is 40.4. The molecule has 2 saturated heterocycles. The van der Waals surface area contributed by atoms with Crippen molar-refractivity contribution < 1.29 is 18.7 Å². The topological polar surface area (TPSA) is 48.7 Å². The predicted octanol–water partition coefficient (Wildman–Crippen LogP) is 2.16. The van der Waals surface area contributed by atoms with Crippen LogP contribution in [0, 0.1) is 5.92 Å². The van der Waals surface area contributed by atoms with Crippen LogP contribution in [0.4, 0.5) is 0 Å². The predicted molar refractivity (Wildman–Crippen MR) is 61.9 cm³/mol. The first-order valence-corrected chi connectivity index (χ1v) is 6.61. The van der Waals surface area contributed by atoms with E-state index >= 15 is 0 Å².